The van der Waals surface area contributed by atoms with Crippen LogP contribution in [-0.4, -0.2) is 31.1 Å². The van der Waals surface area contributed by atoms with Gasteiger partial charge in [0.1, 0.15) is 11.6 Å². The zero-order chi connectivity index (χ0) is 13.7. The van der Waals surface area contributed by atoms with Crippen molar-refractivity contribution in [2.45, 2.75) is 19.9 Å². The lowest BCUT2D eigenvalue weighted by Crippen LogP contribution is -2.30. The fraction of sp³-hybridized carbons (Fsp3) is 0.462. The highest BCUT2D eigenvalue weighted by Crippen LogP contribution is 2.22. The van der Waals surface area contributed by atoms with Crippen LogP contribution in [0.15, 0.2) is 18.2 Å². The Balaban J connectivity index is 2.76. The van der Waals surface area contributed by atoms with Crippen LogP contribution in [0.3, 0.4) is 0 Å². The summed E-state index contributed by atoms with van der Waals surface area (Å²) in [5, 5.41) is 0. The summed E-state index contributed by atoms with van der Waals surface area (Å²) in [6.07, 6.45) is 0. The van der Waals surface area contributed by atoms with Gasteiger partial charge in [-0.15, -0.1) is 0 Å². The third-order valence-corrected chi connectivity index (χ3v) is 2.75. The Bertz CT molecular complexity index is 423. The number of halogens is 2. The minimum absolute atomic E-state index is 0.0327. The molecule has 0 aliphatic heterocycles. The van der Waals surface area contributed by atoms with E-state index in [1.165, 1.54) is 0 Å². The van der Waals surface area contributed by atoms with Gasteiger partial charge in [0.15, 0.2) is 0 Å². The Morgan fingerprint density at radius 3 is 2.72 bits per heavy atom. The zero-order valence-electron chi connectivity index (χ0n) is 10.7. The van der Waals surface area contributed by atoms with Gasteiger partial charge in [-0.3, -0.25) is 9.69 Å². The van der Waals surface area contributed by atoms with Crippen LogP contribution in [-0.2, 0) is 9.53 Å². The lowest BCUT2D eigenvalue weighted by atomic mass is 10.1. The van der Waals surface area contributed by atoms with E-state index in [4.69, 9.17) is 4.74 Å². The van der Waals surface area contributed by atoms with Gasteiger partial charge in [-0.1, -0.05) is 0 Å². The predicted molar refractivity (Wildman–Crippen MR) is 64.0 cm³/mol. The molecule has 1 rings (SSSR count). The van der Waals surface area contributed by atoms with Gasteiger partial charge >= 0.3 is 5.97 Å². The molecule has 0 spiro atoms. The summed E-state index contributed by atoms with van der Waals surface area (Å²) in [5.74, 6) is -1.37. The Labute approximate surface area is 105 Å². The lowest BCUT2D eigenvalue weighted by Gasteiger charge is -2.24. The standard InChI is InChI=1S/C13H17F2NO2/c1-4-18-13(17)8-16(3)9(2)11-7-10(14)5-6-12(11)15/h5-7,9H,4,8H2,1-3H3/t9-/m1/s1. The van der Waals surface area contributed by atoms with Crippen LogP contribution in [0.2, 0.25) is 0 Å². The van der Waals surface area contributed by atoms with Crippen LogP contribution in [0.25, 0.3) is 0 Å². The molecule has 0 heterocycles. The summed E-state index contributed by atoms with van der Waals surface area (Å²) in [6.45, 7) is 3.75. The summed E-state index contributed by atoms with van der Waals surface area (Å²) < 4.78 is 31.4. The number of carbonyl (C=O) groups is 1. The second-order valence-electron chi connectivity index (χ2n) is 4.06. The second kappa shape index (κ2) is 6.44. The SMILES string of the molecule is CCOC(=O)CN(C)[C@H](C)c1cc(F)ccc1F. The maximum Gasteiger partial charge on any atom is 0.320 e. The molecule has 1 atom stereocenters. The highest BCUT2D eigenvalue weighted by atomic mass is 19.1. The molecule has 100 valence electrons. The van der Waals surface area contributed by atoms with Crippen LogP contribution in [0.5, 0.6) is 0 Å². The van der Waals surface area contributed by atoms with Crippen molar-refractivity contribution in [3.8, 4) is 0 Å². The van der Waals surface area contributed by atoms with E-state index in [2.05, 4.69) is 0 Å². The van der Waals surface area contributed by atoms with Gasteiger partial charge in [0.05, 0.1) is 13.2 Å². The molecule has 18 heavy (non-hydrogen) atoms. The van der Waals surface area contributed by atoms with Gasteiger partial charge in [-0.05, 0) is 39.1 Å². The van der Waals surface area contributed by atoms with Crippen LogP contribution >= 0.6 is 0 Å². The van der Waals surface area contributed by atoms with Crippen molar-refractivity contribution in [2.24, 2.45) is 0 Å². The fourth-order valence-corrected chi connectivity index (χ4v) is 1.62. The molecule has 0 amide bonds. The van der Waals surface area contributed by atoms with Crippen molar-refractivity contribution in [1.29, 1.82) is 0 Å². The van der Waals surface area contributed by atoms with Crippen molar-refractivity contribution < 1.29 is 18.3 Å². The van der Waals surface area contributed by atoms with E-state index < -0.39 is 17.7 Å². The van der Waals surface area contributed by atoms with Gasteiger partial charge in [-0.2, -0.15) is 0 Å². The van der Waals surface area contributed by atoms with Crippen molar-refractivity contribution in [3.63, 3.8) is 0 Å². The molecule has 3 nitrogen and oxygen atoms in total. The number of hydrogen-bond acceptors (Lipinski definition) is 3. The molecule has 0 unspecified atom stereocenters. The summed E-state index contributed by atoms with van der Waals surface area (Å²) in [6, 6.07) is 2.88. The molecule has 0 aliphatic carbocycles. The molecular formula is C13H17F2NO2. The van der Waals surface area contributed by atoms with Gasteiger partial charge in [0.2, 0.25) is 0 Å². The molecule has 5 heteroatoms. The van der Waals surface area contributed by atoms with Crippen LogP contribution in [0.1, 0.15) is 25.5 Å². The highest BCUT2D eigenvalue weighted by molar-refractivity contribution is 5.71. The molecule has 0 fully saturated rings. The second-order valence-corrected chi connectivity index (χ2v) is 4.06. The maximum atomic E-state index is 13.6. The van der Waals surface area contributed by atoms with E-state index in [1.54, 1.807) is 25.8 Å². The van der Waals surface area contributed by atoms with E-state index in [9.17, 15) is 13.6 Å². The van der Waals surface area contributed by atoms with E-state index in [0.717, 1.165) is 18.2 Å². The third-order valence-electron chi connectivity index (χ3n) is 2.75. The first-order valence-electron chi connectivity index (χ1n) is 5.76. The van der Waals surface area contributed by atoms with Crippen molar-refractivity contribution >= 4 is 5.97 Å². The quantitative estimate of drug-likeness (QED) is 0.759. The molecule has 1 aromatic rings. The van der Waals surface area contributed by atoms with Crippen molar-refractivity contribution in [3.05, 3.63) is 35.4 Å². The summed E-state index contributed by atoms with van der Waals surface area (Å²) in [5.41, 5.74) is 0.224. The molecule has 0 aromatic heterocycles. The molecule has 0 N–H and O–H groups in total. The van der Waals surface area contributed by atoms with E-state index in [1.807, 2.05) is 0 Å². The maximum absolute atomic E-state index is 13.6. The first-order chi connectivity index (χ1) is 8.45. The number of esters is 1. The van der Waals surface area contributed by atoms with Gasteiger partial charge in [-0.25, -0.2) is 8.78 Å². The number of likely N-dealkylation sites (N-methyl/N-ethyl adjacent to an activating group) is 1. The van der Waals surface area contributed by atoms with Crippen molar-refractivity contribution in [2.75, 3.05) is 20.2 Å². The number of hydrogen-bond donors (Lipinski definition) is 0. The van der Waals surface area contributed by atoms with Crippen LogP contribution in [0.4, 0.5) is 8.78 Å². The van der Waals surface area contributed by atoms with Gasteiger partial charge in [0.25, 0.3) is 0 Å². The van der Waals surface area contributed by atoms with Gasteiger partial charge in [0, 0.05) is 11.6 Å². The number of benzene rings is 1. The Morgan fingerprint density at radius 2 is 2.11 bits per heavy atom. The topological polar surface area (TPSA) is 29.5 Å². The summed E-state index contributed by atoms with van der Waals surface area (Å²) in [7, 11) is 1.66. The first-order valence-corrected chi connectivity index (χ1v) is 5.76. The average molecular weight is 257 g/mol. The first kappa shape index (κ1) is 14.6. The van der Waals surface area contributed by atoms with Crippen LogP contribution < -0.4 is 0 Å². The molecule has 1 aromatic carbocycles. The fourth-order valence-electron chi connectivity index (χ4n) is 1.62. The molecule has 0 radical (unpaired) electrons. The smallest absolute Gasteiger partial charge is 0.320 e. The number of carbonyl (C=O) groups excluding carboxylic acids is 1. The molecule has 0 saturated carbocycles. The van der Waals surface area contributed by atoms with E-state index in [0.29, 0.717) is 6.61 Å². The van der Waals surface area contributed by atoms with Crippen molar-refractivity contribution in [1.82, 2.24) is 4.90 Å². The minimum atomic E-state index is -0.497. The predicted octanol–water partition coefficient (Wildman–Crippen LogP) is 2.52. The Morgan fingerprint density at radius 1 is 1.44 bits per heavy atom. The van der Waals surface area contributed by atoms with E-state index in [-0.39, 0.29) is 18.1 Å². The molecule has 0 saturated heterocycles. The van der Waals surface area contributed by atoms with Crippen LogP contribution in [0, 0.1) is 11.6 Å². The zero-order valence-corrected chi connectivity index (χ0v) is 10.7. The molecular weight excluding hydrogens is 240 g/mol. The summed E-state index contributed by atoms with van der Waals surface area (Å²) in [4.78, 5) is 12.9. The molecule has 0 aliphatic rings. The highest BCUT2D eigenvalue weighted by Gasteiger charge is 2.19. The average Bonchev–Trinajstić information content (AvgIpc) is 2.31. The third kappa shape index (κ3) is 3.77. The monoisotopic (exact) mass is 257 g/mol. The Hall–Kier alpha value is -1.49. The number of nitrogens with zero attached hydrogens (tertiary/aromatic N) is 1. The summed E-state index contributed by atoms with van der Waals surface area (Å²) >= 11 is 0. The normalized spacial score (nSPS) is 12.6. The van der Waals surface area contributed by atoms with Gasteiger partial charge < -0.3 is 4.74 Å². The largest absolute Gasteiger partial charge is 0.465 e. The lowest BCUT2D eigenvalue weighted by molar-refractivity contribution is -0.144. The minimum Gasteiger partial charge on any atom is -0.465 e. The number of ether oxygens (including phenoxy) is 1. The van der Waals surface area contributed by atoms with E-state index >= 15 is 0 Å². The molecule has 0 bridgehead atoms. The Kier molecular flexibility index (Phi) is 5.22. The number of rotatable bonds is 5.